The Morgan fingerprint density at radius 1 is 1.53 bits per heavy atom. The number of H-pyrrole nitrogens is 1. The van der Waals surface area contributed by atoms with Gasteiger partial charge in [0.2, 0.25) is 5.89 Å². The number of aromatic amines is 1. The fourth-order valence-corrected chi connectivity index (χ4v) is 1.95. The number of nitrogens with one attached hydrogen (secondary N) is 2. The molecule has 7 nitrogen and oxygen atoms in total. The van der Waals surface area contributed by atoms with Crippen LogP contribution in [0.25, 0.3) is 0 Å². The number of hydrogen-bond acceptors (Lipinski definition) is 6. The molecule has 3 N–H and O–H groups in total. The standard InChI is InChI=1S/C10H13N5O2/c16-2-1-9-14-10(17-15-9)7-3-6-8(4-11-7)13-5-12-6/h5,7,11,16H,1-4H2,(H,12,13). The normalized spacial score (nSPS) is 19.2. The third kappa shape index (κ3) is 1.94. The summed E-state index contributed by atoms with van der Waals surface area (Å²) in [6, 6.07) is 0.00532. The van der Waals surface area contributed by atoms with E-state index in [1.54, 1.807) is 6.33 Å². The largest absolute Gasteiger partial charge is 0.396 e. The topological polar surface area (TPSA) is 99.9 Å². The molecule has 7 heteroatoms. The van der Waals surface area contributed by atoms with Gasteiger partial charge in [-0.05, 0) is 0 Å². The summed E-state index contributed by atoms with van der Waals surface area (Å²) >= 11 is 0. The zero-order valence-electron chi connectivity index (χ0n) is 9.18. The summed E-state index contributed by atoms with van der Waals surface area (Å²) in [5, 5.41) is 15.9. The molecular formula is C10H13N5O2. The fraction of sp³-hybridized carbons (Fsp3) is 0.500. The second kappa shape index (κ2) is 4.27. The first kappa shape index (κ1) is 10.4. The van der Waals surface area contributed by atoms with Crippen molar-refractivity contribution < 1.29 is 9.63 Å². The highest BCUT2D eigenvalue weighted by atomic mass is 16.5. The first-order valence-corrected chi connectivity index (χ1v) is 5.54. The van der Waals surface area contributed by atoms with Crippen molar-refractivity contribution in [3.63, 3.8) is 0 Å². The molecule has 0 saturated carbocycles. The van der Waals surface area contributed by atoms with E-state index >= 15 is 0 Å². The molecule has 0 spiro atoms. The highest BCUT2D eigenvalue weighted by molar-refractivity contribution is 5.17. The number of aromatic nitrogens is 4. The molecule has 17 heavy (non-hydrogen) atoms. The molecular weight excluding hydrogens is 222 g/mol. The lowest BCUT2D eigenvalue weighted by atomic mass is 10.1. The molecule has 0 radical (unpaired) electrons. The molecule has 1 aliphatic heterocycles. The third-order valence-electron chi connectivity index (χ3n) is 2.85. The van der Waals surface area contributed by atoms with Gasteiger partial charge < -0.3 is 14.6 Å². The molecule has 3 rings (SSSR count). The zero-order chi connectivity index (χ0) is 11.7. The van der Waals surface area contributed by atoms with Crippen LogP contribution in [0, 0.1) is 0 Å². The first-order chi connectivity index (χ1) is 8.36. The van der Waals surface area contributed by atoms with E-state index in [9.17, 15) is 0 Å². The van der Waals surface area contributed by atoms with Gasteiger partial charge in [0.15, 0.2) is 5.82 Å². The van der Waals surface area contributed by atoms with Gasteiger partial charge in [0.05, 0.1) is 30.4 Å². The predicted molar refractivity (Wildman–Crippen MR) is 57.0 cm³/mol. The van der Waals surface area contributed by atoms with E-state index in [2.05, 4.69) is 25.4 Å². The minimum absolute atomic E-state index is 0.00532. The van der Waals surface area contributed by atoms with Gasteiger partial charge in [-0.3, -0.25) is 5.32 Å². The lowest BCUT2D eigenvalue weighted by molar-refractivity contribution is 0.290. The summed E-state index contributed by atoms with van der Waals surface area (Å²) in [5.41, 5.74) is 2.15. The smallest absolute Gasteiger partial charge is 0.244 e. The maximum absolute atomic E-state index is 8.79. The summed E-state index contributed by atoms with van der Waals surface area (Å²) in [6.07, 6.45) is 2.85. The molecule has 90 valence electrons. The van der Waals surface area contributed by atoms with Crippen LogP contribution >= 0.6 is 0 Å². The zero-order valence-corrected chi connectivity index (χ0v) is 9.18. The molecule has 0 saturated heterocycles. The van der Waals surface area contributed by atoms with Crippen molar-refractivity contribution in [1.29, 1.82) is 0 Å². The minimum atomic E-state index is 0.00532. The Labute approximate surface area is 97.3 Å². The second-order valence-electron chi connectivity index (χ2n) is 3.99. The van der Waals surface area contributed by atoms with E-state index in [4.69, 9.17) is 9.63 Å². The molecule has 0 fully saturated rings. The van der Waals surface area contributed by atoms with Crippen molar-refractivity contribution in [2.45, 2.75) is 25.4 Å². The van der Waals surface area contributed by atoms with E-state index in [1.807, 2.05) is 0 Å². The average Bonchev–Trinajstić information content (AvgIpc) is 2.96. The van der Waals surface area contributed by atoms with Crippen molar-refractivity contribution >= 4 is 0 Å². The lowest BCUT2D eigenvalue weighted by Gasteiger charge is -2.19. The molecule has 0 bridgehead atoms. The van der Waals surface area contributed by atoms with Crippen LogP contribution in [-0.4, -0.2) is 31.8 Å². The fourth-order valence-electron chi connectivity index (χ4n) is 1.95. The summed E-state index contributed by atoms with van der Waals surface area (Å²) < 4.78 is 5.18. The van der Waals surface area contributed by atoms with Crippen LogP contribution in [0.4, 0.5) is 0 Å². The van der Waals surface area contributed by atoms with Gasteiger partial charge in [-0.25, -0.2) is 4.98 Å². The van der Waals surface area contributed by atoms with Gasteiger partial charge in [-0.1, -0.05) is 5.16 Å². The van der Waals surface area contributed by atoms with E-state index in [-0.39, 0.29) is 12.6 Å². The minimum Gasteiger partial charge on any atom is -0.396 e. The second-order valence-corrected chi connectivity index (χ2v) is 3.99. The number of nitrogens with zero attached hydrogens (tertiary/aromatic N) is 3. The van der Waals surface area contributed by atoms with Crippen LogP contribution in [0.15, 0.2) is 10.9 Å². The van der Waals surface area contributed by atoms with E-state index in [0.717, 1.165) is 24.4 Å². The molecule has 2 aromatic heterocycles. The molecule has 3 heterocycles. The molecule has 1 aliphatic rings. The van der Waals surface area contributed by atoms with Crippen molar-refractivity contribution in [2.75, 3.05) is 6.61 Å². The SMILES string of the molecule is OCCc1noc(C2Cc3nc[nH]c3CN2)n1. The predicted octanol–water partition coefficient (Wildman–Crippen LogP) is -0.286. The monoisotopic (exact) mass is 235 g/mol. The maximum atomic E-state index is 8.79. The number of aliphatic hydroxyl groups excluding tert-OH is 1. The van der Waals surface area contributed by atoms with Crippen LogP contribution in [-0.2, 0) is 19.4 Å². The number of hydrogen-bond donors (Lipinski definition) is 3. The third-order valence-corrected chi connectivity index (χ3v) is 2.85. The summed E-state index contributed by atoms with van der Waals surface area (Å²) in [5.74, 6) is 1.10. The van der Waals surface area contributed by atoms with Crippen molar-refractivity contribution in [1.82, 2.24) is 25.4 Å². The van der Waals surface area contributed by atoms with E-state index in [1.165, 1.54) is 0 Å². The molecule has 1 unspecified atom stereocenters. The van der Waals surface area contributed by atoms with Gasteiger partial charge in [-0.2, -0.15) is 4.98 Å². The number of imidazole rings is 1. The van der Waals surface area contributed by atoms with Gasteiger partial charge in [-0.15, -0.1) is 0 Å². The van der Waals surface area contributed by atoms with Crippen LogP contribution in [0.3, 0.4) is 0 Å². The van der Waals surface area contributed by atoms with E-state index < -0.39 is 0 Å². The highest BCUT2D eigenvalue weighted by Crippen LogP contribution is 2.22. The van der Waals surface area contributed by atoms with Crippen molar-refractivity contribution in [3.8, 4) is 0 Å². The van der Waals surface area contributed by atoms with Crippen LogP contribution in [0.1, 0.15) is 29.1 Å². The summed E-state index contributed by atoms with van der Waals surface area (Å²) in [7, 11) is 0. The van der Waals surface area contributed by atoms with E-state index in [0.29, 0.717) is 18.1 Å². The van der Waals surface area contributed by atoms with Gasteiger partial charge in [0.1, 0.15) is 0 Å². The first-order valence-electron chi connectivity index (χ1n) is 5.54. The van der Waals surface area contributed by atoms with Crippen molar-refractivity contribution in [3.05, 3.63) is 29.4 Å². The van der Waals surface area contributed by atoms with Crippen LogP contribution < -0.4 is 5.32 Å². The number of fused-ring (bicyclic) bond motifs is 1. The Morgan fingerprint density at radius 3 is 3.35 bits per heavy atom. The lowest BCUT2D eigenvalue weighted by Crippen LogP contribution is -2.28. The molecule has 0 aromatic carbocycles. The van der Waals surface area contributed by atoms with Crippen LogP contribution in [0.5, 0.6) is 0 Å². The van der Waals surface area contributed by atoms with Gasteiger partial charge in [0, 0.05) is 19.4 Å². The highest BCUT2D eigenvalue weighted by Gasteiger charge is 2.25. The Hall–Kier alpha value is -1.73. The Morgan fingerprint density at radius 2 is 2.47 bits per heavy atom. The quantitative estimate of drug-likeness (QED) is 0.676. The van der Waals surface area contributed by atoms with Gasteiger partial charge >= 0.3 is 0 Å². The van der Waals surface area contributed by atoms with Gasteiger partial charge in [0.25, 0.3) is 0 Å². The Bertz CT molecular complexity index is 506. The molecule has 1 atom stereocenters. The molecule has 0 aliphatic carbocycles. The van der Waals surface area contributed by atoms with Crippen LogP contribution in [0.2, 0.25) is 0 Å². The summed E-state index contributed by atoms with van der Waals surface area (Å²) in [6.45, 7) is 0.748. The molecule has 0 amide bonds. The summed E-state index contributed by atoms with van der Waals surface area (Å²) in [4.78, 5) is 11.6. The Balaban J connectivity index is 1.77. The molecule has 2 aromatic rings. The maximum Gasteiger partial charge on any atom is 0.244 e. The number of aliphatic hydroxyl groups is 1. The average molecular weight is 235 g/mol. The Kier molecular flexibility index (Phi) is 2.62. The number of rotatable bonds is 3. The van der Waals surface area contributed by atoms with Crippen molar-refractivity contribution in [2.24, 2.45) is 0 Å².